The lowest BCUT2D eigenvalue weighted by molar-refractivity contribution is 0.686. The van der Waals surface area contributed by atoms with Crippen LogP contribution < -0.4 is 5.73 Å². The Hall–Kier alpha value is 0.1000. The maximum atomic E-state index is 12.4. The standard InChI is InChI=1S/C5H4ClFIN/c6-3-1-5(9)8-2-4(3)7/h1-2H,9H2. The van der Waals surface area contributed by atoms with Crippen molar-refractivity contribution in [3.8, 4) is 0 Å². The lowest BCUT2D eigenvalue weighted by Gasteiger charge is -1.98. The van der Waals surface area contributed by atoms with E-state index in [0.717, 1.165) is 0 Å². The Bertz CT molecular complexity index is 219. The average Bonchev–Trinajstić information content (AvgIpc) is 1.80. The van der Waals surface area contributed by atoms with Gasteiger partial charge in [-0.2, -0.15) is 0 Å². The fourth-order valence-electron chi connectivity index (χ4n) is 0.385. The van der Waals surface area contributed by atoms with Gasteiger partial charge in [0.15, 0.2) is 0 Å². The lowest BCUT2D eigenvalue weighted by Crippen LogP contribution is -1.92. The first-order valence-corrected chi connectivity index (χ1v) is 4.89. The summed E-state index contributed by atoms with van der Waals surface area (Å²) in [4.78, 5) is 0. The molecular formula is C5H4ClFIN. The van der Waals surface area contributed by atoms with E-state index < -0.39 is 20.7 Å². The molecule has 0 saturated heterocycles. The number of halogens is 3. The molecule has 2 N–H and O–H groups in total. The largest absolute Gasteiger partial charge is 0.394 e. The number of rotatable bonds is 0. The molecule has 0 spiro atoms. The van der Waals surface area contributed by atoms with Gasteiger partial charge in [-0.15, -0.1) is 0 Å². The highest BCUT2D eigenvalue weighted by Crippen LogP contribution is 2.23. The van der Waals surface area contributed by atoms with E-state index in [0.29, 0.717) is 3.70 Å². The predicted octanol–water partition coefficient (Wildman–Crippen LogP) is 1.99. The highest BCUT2D eigenvalue weighted by Gasteiger charge is 2.02. The van der Waals surface area contributed by atoms with Crippen LogP contribution in [0.4, 0.5) is 4.39 Å². The van der Waals surface area contributed by atoms with Crippen molar-refractivity contribution >= 4 is 36.3 Å². The van der Waals surface area contributed by atoms with Gasteiger partial charge in [0.05, 0.1) is 8.74 Å². The van der Waals surface area contributed by atoms with E-state index in [2.05, 4.69) is 0 Å². The Labute approximate surface area is 67.1 Å². The van der Waals surface area contributed by atoms with Crippen LogP contribution in [0.15, 0.2) is 20.6 Å². The molecule has 0 saturated carbocycles. The van der Waals surface area contributed by atoms with Crippen LogP contribution in [-0.2, 0) is 0 Å². The fraction of sp³-hybridized carbons (Fsp3) is 0. The summed E-state index contributed by atoms with van der Waals surface area (Å²) in [5, 5.41) is 0.124. The van der Waals surface area contributed by atoms with E-state index in [1.54, 1.807) is 0 Å². The molecule has 0 aromatic carbocycles. The van der Waals surface area contributed by atoms with Crippen LogP contribution in [0.2, 0.25) is 0 Å². The van der Waals surface area contributed by atoms with Gasteiger partial charge in [0.1, 0.15) is 5.83 Å². The Balaban J connectivity index is 3.01. The molecule has 50 valence electrons. The molecule has 0 fully saturated rings. The van der Waals surface area contributed by atoms with Gasteiger partial charge in [0, 0.05) is 4.01 Å². The number of allylic oxidation sites excluding steroid dienone is 3. The van der Waals surface area contributed by atoms with Crippen molar-refractivity contribution in [2.45, 2.75) is 0 Å². The van der Waals surface area contributed by atoms with Gasteiger partial charge in [-0.3, -0.25) is 0 Å². The van der Waals surface area contributed by atoms with Crippen molar-refractivity contribution in [1.29, 1.82) is 0 Å². The monoisotopic (exact) mass is 259 g/mol. The van der Waals surface area contributed by atoms with Crippen LogP contribution in [0.25, 0.3) is 0 Å². The van der Waals surface area contributed by atoms with Gasteiger partial charge < -0.3 is 5.73 Å². The number of hydrogen-bond acceptors (Lipinski definition) is 1. The normalized spacial score (nSPS) is 19.1. The first-order chi connectivity index (χ1) is 4.20. The second-order valence-electron chi connectivity index (χ2n) is 1.44. The van der Waals surface area contributed by atoms with E-state index in [1.807, 2.05) is 0 Å². The Morgan fingerprint density at radius 1 is 1.67 bits per heavy atom. The summed E-state index contributed by atoms with van der Waals surface area (Å²) in [7, 11) is 0. The molecule has 0 amide bonds. The van der Waals surface area contributed by atoms with E-state index in [4.69, 9.17) is 17.3 Å². The topological polar surface area (TPSA) is 26.0 Å². The molecule has 1 aliphatic heterocycles. The van der Waals surface area contributed by atoms with Gasteiger partial charge in [0.25, 0.3) is 0 Å². The molecule has 0 aromatic rings. The van der Waals surface area contributed by atoms with Crippen molar-refractivity contribution in [1.82, 2.24) is 0 Å². The van der Waals surface area contributed by atoms with Gasteiger partial charge in [0.2, 0.25) is 0 Å². The SMILES string of the molecule is NC1=CC(Cl)=C(F)C=I1. The summed E-state index contributed by atoms with van der Waals surface area (Å²) in [6.07, 6.45) is 1.48. The Kier molecular flexibility index (Phi) is 2.23. The molecule has 1 aliphatic rings. The molecule has 0 atom stereocenters. The molecule has 0 unspecified atom stereocenters. The van der Waals surface area contributed by atoms with Crippen LogP contribution in [0, 0.1) is 0 Å². The molecule has 4 heteroatoms. The third-order valence-corrected chi connectivity index (χ3v) is 2.95. The molecule has 0 radical (unpaired) electrons. The predicted molar refractivity (Wildman–Crippen MR) is 46.3 cm³/mol. The zero-order valence-corrected chi connectivity index (χ0v) is 7.28. The van der Waals surface area contributed by atoms with Crippen molar-refractivity contribution < 1.29 is 4.39 Å². The van der Waals surface area contributed by atoms with Gasteiger partial charge in [-0.25, -0.2) is 4.39 Å². The maximum Gasteiger partial charge on any atom is 0.147 e. The zero-order valence-electron chi connectivity index (χ0n) is 4.37. The third-order valence-electron chi connectivity index (χ3n) is 0.769. The molecule has 1 heterocycles. The summed E-state index contributed by atoms with van der Waals surface area (Å²) >= 11 is 4.98. The number of hydrogen-bond donors (Lipinski definition) is 1. The fourth-order valence-corrected chi connectivity index (χ4v) is 2.38. The highest BCUT2D eigenvalue weighted by molar-refractivity contribution is 14.2. The summed E-state index contributed by atoms with van der Waals surface area (Å²) in [5.74, 6) is -0.335. The van der Waals surface area contributed by atoms with Crippen molar-refractivity contribution in [2.24, 2.45) is 5.73 Å². The molecule has 1 nitrogen and oxygen atoms in total. The van der Waals surface area contributed by atoms with Gasteiger partial charge in [-0.05, 0) is 6.08 Å². The minimum absolute atomic E-state index is 0.124. The minimum Gasteiger partial charge on any atom is -0.394 e. The molecule has 0 aliphatic carbocycles. The molecular weight excluding hydrogens is 255 g/mol. The first kappa shape index (κ1) is 7.21. The van der Waals surface area contributed by atoms with Crippen molar-refractivity contribution in [2.75, 3.05) is 0 Å². The second-order valence-corrected chi connectivity index (χ2v) is 4.34. The maximum absolute atomic E-state index is 12.4. The Morgan fingerprint density at radius 2 is 2.33 bits per heavy atom. The smallest absolute Gasteiger partial charge is 0.147 e. The molecule has 0 aromatic heterocycles. The minimum atomic E-state index is -0.419. The van der Waals surface area contributed by atoms with Crippen LogP contribution in [0.1, 0.15) is 0 Å². The highest BCUT2D eigenvalue weighted by atomic mass is 127. The summed E-state index contributed by atoms with van der Waals surface area (Å²) in [6.45, 7) is 0. The summed E-state index contributed by atoms with van der Waals surface area (Å²) in [5.41, 5.74) is 5.38. The van der Waals surface area contributed by atoms with Crippen molar-refractivity contribution in [3.05, 3.63) is 20.6 Å². The molecule has 9 heavy (non-hydrogen) atoms. The third kappa shape index (κ3) is 1.76. The average molecular weight is 259 g/mol. The van der Waals surface area contributed by atoms with Crippen LogP contribution >= 0.6 is 32.3 Å². The number of nitrogens with two attached hydrogens (primary N) is 1. The van der Waals surface area contributed by atoms with Crippen LogP contribution in [0.5, 0.6) is 0 Å². The van der Waals surface area contributed by atoms with Gasteiger partial charge >= 0.3 is 0 Å². The van der Waals surface area contributed by atoms with Gasteiger partial charge in [-0.1, -0.05) is 32.3 Å². The van der Waals surface area contributed by atoms with E-state index in [-0.39, 0.29) is 10.9 Å². The zero-order chi connectivity index (χ0) is 6.85. The molecule has 0 bridgehead atoms. The van der Waals surface area contributed by atoms with Crippen LogP contribution in [-0.4, -0.2) is 4.01 Å². The van der Waals surface area contributed by atoms with Crippen molar-refractivity contribution in [3.63, 3.8) is 0 Å². The van der Waals surface area contributed by atoms with E-state index in [9.17, 15) is 4.39 Å². The molecule has 1 rings (SSSR count). The van der Waals surface area contributed by atoms with E-state index >= 15 is 0 Å². The first-order valence-electron chi connectivity index (χ1n) is 2.19. The summed E-state index contributed by atoms with van der Waals surface area (Å²) in [6, 6.07) is 0. The quantitative estimate of drug-likeness (QED) is 0.522. The summed E-state index contributed by atoms with van der Waals surface area (Å²) < 4.78 is 14.5. The van der Waals surface area contributed by atoms with E-state index in [1.165, 1.54) is 10.1 Å². The lowest BCUT2D eigenvalue weighted by atomic mass is 10.5. The Morgan fingerprint density at radius 3 is 2.78 bits per heavy atom. The second kappa shape index (κ2) is 2.79. The van der Waals surface area contributed by atoms with Crippen LogP contribution in [0.3, 0.4) is 0 Å².